The minimum absolute atomic E-state index is 0.0266. The van der Waals surface area contributed by atoms with E-state index in [4.69, 9.17) is 14.6 Å². The molecule has 0 aliphatic carbocycles. The summed E-state index contributed by atoms with van der Waals surface area (Å²) in [6.45, 7) is 3.35. The quantitative estimate of drug-likeness (QED) is 0.720. The molecule has 0 amide bonds. The number of aromatic hydroxyl groups is 1. The molecule has 0 bridgehead atoms. The van der Waals surface area contributed by atoms with Crippen molar-refractivity contribution < 1.29 is 19.7 Å². The van der Waals surface area contributed by atoms with Gasteiger partial charge in [0.15, 0.2) is 6.79 Å². The molecular formula is C10H14O4. The fraction of sp³-hybridized carbons (Fsp3) is 0.400. The van der Waals surface area contributed by atoms with Crippen molar-refractivity contribution in [2.45, 2.75) is 20.0 Å². The van der Waals surface area contributed by atoms with Crippen LogP contribution in [0.5, 0.6) is 17.2 Å². The molecule has 0 aromatic heterocycles. The average Bonchev–Trinajstić information content (AvgIpc) is 2.01. The van der Waals surface area contributed by atoms with Gasteiger partial charge in [-0.2, -0.15) is 0 Å². The summed E-state index contributed by atoms with van der Waals surface area (Å²) >= 11 is 0. The molecule has 1 rings (SSSR count). The van der Waals surface area contributed by atoms with Crippen LogP contribution in [-0.2, 0) is 0 Å². The molecule has 0 aliphatic rings. The second kappa shape index (κ2) is 4.72. The highest BCUT2D eigenvalue weighted by atomic mass is 16.6. The van der Waals surface area contributed by atoms with Crippen LogP contribution in [0.3, 0.4) is 0 Å². The van der Waals surface area contributed by atoms with Gasteiger partial charge in [-0.05, 0) is 13.8 Å². The van der Waals surface area contributed by atoms with Gasteiger partial charge in [-0.15, -0.1) is 0 Å². The van der Waals surface area contributed by atoms with Gasteiger partial charge in [-0.25, -0.2) is 0 Å². The third-order valence-electron chi connectivity index (χ3n) is 1.47. The monoisotopic (exact) mass is 198 g/mol. The van der Waals surface area contributed by atoms with Crippen molar-refractivity contribution in [1.82, 2.24) is 0 Å². The molecule has 0 saturated carbocycles. The van der Waals surface area contributed by atoms with E-state index in [1.165, 1.54) is 12.1 Å². The Balaban J connectivity index is 2.83. The summed E-state index contributed by atoms with van der Waals surface area (Å²) < 4.78 is 10.2. The molecule has 0 spiro atoms. The third kappa shape index (κ3) is 3.14. The number of phenols is 1. The van der Waals surface area contributed by atoms with E-state index >= 15 is 0 Å². The van der Waals surface area contributed by atoms with Crippen LogP contribution < -0.4 is 9.47 Å². The maximum atomic E-state index is 9.29. The van der Waals surface area contributed by atoms with Gasteiger partial charge in [0.25, 0.3) is 0 Å². The van der Waals surface area contributed by atoms with Crippen molar-refractivity contribution in [3.05, 3.63) is 18.2 Å². The van der Waals surface area contributed by atoms with Gasteiger partial charge in [0.05, 0.1) is 6.10 Å². The first-order valence-electron chi connectivity index (χ1n) is 4.36. The summed E-state index contributed by atoms with van der Waals surface area (Å²) in [5.74, 6) is 0.943. The Bertz CT molecular complexity index is 296. The molecule has 0 saturated heterocycles. The van der Waals surface area contributed by atoms with Crippen molar-refractivity contribution in [1.29, 1.82) is 0 Å². The van der Waals surface area contributed by atoms with Crippen LogP contribution in [0, 0.1) is 0 Å². The number of hydrogen-bond donors (Lipinski definition) is 2. The Kier molecular flexibility index (Phi) is 3.59. The van der Waals surface area contributed by atoms with E-state index in [9.17, 15) is 5.11 Å². The smallest absolute Gasteiger partial charge is 0.186 e. The van der Waals surface area contributed by atoms with Crippen molar-refractivity contribution in [2.24, 2.45) is 0 Å². The van der Waals surface area contributed by atoms with Crippen LogP contribution in [-0.4, -0.2) is 23.1 Å². The highest BCUT2D eigenvalue weighted by Crippen LogP contribution is 2.27. The Morgan fingerprint density at radius 3 is 2.43 bits per heavy atom. The molecule has 78 valence electrons. The number of benzene rings is 1. The highest BCUT2D eigenvalue weighted by Gasteiger charge is 2.03. The largest absolute Gasteiger partial charge is 0.508 e. The van der Waals surface area contributed by atoms with Crippen molar-refractivity contribution in [2.75, 3.05) is 6.79 Å². The summed E-state index contributed by atoms with van der Waals surface area (Å²) in [4.78, 5) is 0. The van der Waals surface area contributed by atoms with Gasteiger partial charge in [0.2, 0.25) is 0 Å². The first kappa shape index (κ1) is 10.7. The molecule has 1 aromatic rings. The van der Waals surface area contributed by atoms with Gasteiger partial charge in [0, 0.05) is 18.2 Å². The van der Waals surface area contributed by atoms with E-state index in [0.29, 0.717) is 11.5 Å². The Morgan fingerprint density at radius 2 is 1.86 bits per heavy atom. The topological polar surface area (TPSA) is 58.9 Å². The molecule has 2 N–H and O–H groups in total. The number of phenolic OH excluding ortho intramolecular Hbond substituents is 1. The molecule has 14 heavy (non-hydrogen) atoms. The second-order valence-corrected chi connectivity index (χ2v) is 3.10. The van der Waals surface area contributed by atoms with E-state index in [0.717, 1.165) is 0 Å². The van der Waals surface area contributed by atoms with Gasteiger partial charge < -0.3 is 19.7 Å². The second-order valence-electron chi connectivity index (χ2n) is 3.10. The van der Waals surface area contributed by atoms with E-state index in [2.05, 4.69) is 0 Å². The minimum atomic E-state index is -0.426. The van der Waals surface area contributed by atoms with Crippen molar-refractivity contribution in [3.8, 4) is 17.2 Å². The molecule has 0 unspecified atom stereocenters. The number of hydrogen-bond acceptors (Lipinski definition) is 4. The first-order chi connectivity index (χ1) is 6.61. The fourth-order valence-electron chi connectivity index (χ4n) is 1.05. The predicted molar refractivity (Wildman–Crippen MR) is 51.6 cm³/mol. The molecule has 4 heteroatoms. The molecule has 4 nitrogen and oxygen atoms in total. The summed E-state index contributed by atoms with van der Waals surface area (Å²) in [7, 11) is 0. The molecule has 1 aromatic carbocycles. The summed E-state index contributed by atoms with van der Waals surface area (Å²) in [5, 5.41) is 17.8. The van der Waals surface area contributed by atoms with Gasteiger partial charge in [-0.3, -0.25) is 0 Å². The van der Waals surface area contributed by atoms with Gasteiger partial charge >= 0.3 is 0 Å². The third-order valence-corrected chi connectivity index (χ3v) is 1.47. The Morgan fingerprint density at radius 1 is 1.21 bits per heavy atom. The molecule has 0 radical (unpaired) electrons. The summed E-state index contributed by atoms with van der Waals surface area (Å²) in [6.07, 6.45) is 0.0266. The summed E-state index contributed by atoms with van der Waals surface area (Å²) in [5.41, 5.74) is 0. The molecule has 0 atom stereocenters. The summed E-state index contributed by atoms with van der Waals surface area (Å²) in [6, 6.07) is 4.50. The number of ether oxygens (including phenoxy) is 2. The lowest BCUT2D eigenvalue weighted by Crippen LogP contribution is -2.05. The van der Waals surface area contributed by atoms with E-state index < -0.39 is 6.79 Å². The standard InChI is InChI=1S/C10H14O4/c1-7(2)14-10-4-8(12)3-9(5-10)13-6-11/h3-5,7,11-12H,6H2,1-2H3. The Labute approximate surface area is 82.7 Å². The van der Waals surface area contributed by atoms with Crippen molar-refractivity contribution >= 4 is 0 Å². The fourth-order valence-corrected chi connectivity index (χ4v) is 1.05. The minimum Gasteiger partial charge on any atom is -0.508 e. The first-order valence-corrected chi connectivity index (χ1v) is 4.36. The van der Waals surface area contributed by atoms with Gasteiger partial charge in [-0.1, -0.05) is 0 Å². The highest BCUT2D eigenvalue weighted by molar-refractivity contribution is 5.41. The zero-order valence-corrected chi connectivity index (χ0v) is 8.23. The van der Waals surface area contributed by atoms with Gasteiger partial charge in [0.1, 0.15) is 17.2 Å². The van der Waals surface area contributed by atoms with E-state index in [-0.39, 0.29) is 11.9 Å². The lowest BCUT2D eigenvalue weighted by molar-refractivity contribution is 0.0978. The maximum absolute atomic E-state index is 9.29. The number of aliphatic hydroxyl groups is 1. The lowest BCUT2D eigenvalue weighted by atomic mass is 10.3. The predicted octanol–water partition coefficient (Wildman–Crippen LogP) is 1.51. The van der Waals surface area contributed by atoms with Crippen LogP contribution in [0.15, 0.2) is 18.2 Å². The number of aliphatic hydroxyl groups excluding tert-OH is 1. The number of rotatable bonds is 4. The maximum Gasteiger partial charge on any atom is 0.186 e. The van der Waals surface area contributed by atoms with E-state index in [1.807, 2.05) is 13.8 Å². The lowest BCUT2D eigenvalue weighted by Gasteiger charge is -2.11. The molecular weight excluding hydrogens is 184 g/mol. The molecule has 0 fully saturated rings. The zero-order chi connectivity index (χ0) is 10.6. The van der Waals surface area contributed by atoms with Crippen LogP contribution in [0.25, 0.3) is 0 Å². The van der Waals surface area contributed by atoms with Crippen LogP contribution in [0.4, 0.5) is 0 Å². The normalized spacial score (nSPS) is 10.3. The SMILES string of the molecule is CC(C)Oc1cc(O)cc(OCO)c1. The average molecular weight is 198 g/mol. The van der Waals surface area contributed by atoms with Crippen molar-refractivity contribution in [3.63, 3.8) is 0 Å². The molecule has 0 heterocycles. The Hall–Kier alpha value is -1.42. The van der Waals surface area contributed by atoms with E-state index in [1.54, 1.807) is 6.07 Å². The van der Waals surface area contributed by atoms with Crippen LogP contribution >= 0.6 is 0 Å². The zero-order valence-electron chi connectivity index (χ0n) is 8.23. The molecule has 0 aliphatic heterocycles. The van der Waals surface area contributed by atoms with Crippen LogP contribution in [0.2, 0.25) is 0 Å². The van der Waals surface area contributed by atoms with Crippen LogP contribution in [0.1, 0.15) is 13.8 Å².